The first kappa shape index (κ1) is 19.2. The van der Waals surface area contributed by atoms with Crippen LogP contribution in [-0.4, -0.2) is 61.0 Å². The summed E-state index contributed by atoms with van der Waals surface area (Å²) in [7, 11) is 2.24. The van der Waals surface area contributed by atoms with Crippen molar-refractivity contribution in [1.82, 2.24) is 15.1 Å². The van der Waals surface area contributed by atoms with Gasteiger partial charge in [-0.1, -0.05) is 60.7 Å². The Labute approximate surface area is 168 Å². The maximum absolute atomic E-state index is 11.9. The minimum atomic E-state index is 0.106. The second-order valence-corrected chi connectivity index (χ2v) is 8.35. The van der Waals surface area contributed by atoms with E-state index in [0.717, 1.165) is 45.6 Å². The number of amides is 1. The first-order chi connectivity index (χ1) is 13.7. The number of carbonyl (C=O) groups is 1. The van der Waals surface area contributed by atoms with Crippen LogP contribution in [0.5, 0.6) is 0 Å². The number of hydrogen-bond acceptors (Lipinski definition) is 3. The summed E-state index contributed by atoms with van der Waals surface area (Å²) in [4.78, 5) is 17.0. The predicted molar refractivity (Wildman–Crippen MR) is 113 cm³/mol. The molecule has 0 radical (unpaired) electrons. The van der Waals surface area contributed by atoms with Crippen LogP contribution in [0.4, 0.5) is 0 Å². The largest absolute Gasteiger partial charge is 0.356 e. The molecule has 1 amide bonds. The normalized spacial score (nSPS) is 24.3. The molecule has 2 aromatic carbocycles. The third-order valence-electron chi connectivity index (χ3n) is 6.65. The molecule has 1 spiro atoms. The van der Waals surface area contributed by atoms with Crippen LogP contribution in [0.25, 0.3) is 0 Å². The van der Waals surface area contributed by atoms with E-state index < -0.39 is 0 Å². The van der Waals surface area contributed by atoms with E-state index in [1.165, 1.54) is 11.1 Å². The van der Waals surface area contributed by atoms with Crippen molar-refractivity contribution in [1.29, 1.82) is 0 Å². The van der Waals surface area contributed by atoms with Crippen LogP contribution < -0.4 is 5.32 Å². The molecule has 4 heteroatoms. The van der Waals surface area contributed by atoms with Crippen LogP contribution in [0.3, 0.4) is 0 Å². The van der Waals surface area contributed by atoms with Gasteiger partial charge in [-0.15, -0.1) is 0 Å². The molecule has 2 fully saturated rings. The van der Waals surface area contributed by atoms with Crippen molar-refractivity contribution in [3.05, 3.63) is 71.8 Å². The fourth-order valence-corrected chi connectivity index (χ4v) is 4.87. The van der Waals surface area contributed by atoms with Gasteiger partial charge in [0.1, 0.15) is 0 Å². The average molecular weight is 378 g/mol. The second-order valence-electron chi connectivity index (χ2n) is 8.35. The molecule has 2 aliphatic rings. The quantitative estimate of drug-likeness (QED) is 0.889. The summed E-state index contributed by atoms with van der Waals surface area (Å²) in [6, 6.07) is 21.7. The van der Waals surface area contributed by atoms with Gasteiger partial charge in [0, 0.05) is 50.6 Å². The Hall–Kier alpha value is -2.17. The zero-order chi connectivity index (χ0) is 19.4. The van der Waals surface area contributed by atoms with Gasteiger partial charge in [-0.05, 0) is 31.0 Å². The van der Waals surface area contributed by atoms with Crippen LogP contribution in [0, 0.1) is 0 Å². The van der Waals surface area contributed by atoms with Crippen molar-refractivity contribution in [2.45, 2.75) is 30.7 Å². The predicted octanol–water partition coefficient (Wildman–Crippen LogP) is 3.10. The van der Waals surface area contributed by atoms with Crippen molar-refractivity contribution in [2.24, 2.45) is 0 Å². The number of piperazine rings is 1. The van der Waals surface area contributed by atoms with E-state index in [-0.39, 0.29) is 11.4 Å². The maximum Gasteiger partial charge on any atom is 0.220 e. The lowest BCUT2D eigenvalue weighted by Gasteiger charge is -2.50. The topological polar surface area (TPSA) is 35.6 Å². The van der Waals surface area contributed by atoms with E-state index in [1.54, 1.807) is 0 Å². The molecule has 148 valence electrons. The Morgan fingerprint density at radius 2 is 1.61 bits per heavy atom. The van der Waals surface area contributed by atoms with Crippen LogP contribution >= 0.6 is 0 Å². The summed E-state index contributed by atoms with van der Waals surface area (Å²) < 4.78 is 0. The minimum absolute atomic E-state index is 0.106. The molecule has 4 rings (SSSR count). The molecule has 0 saturated carbocycles. The highest BCUT2D eigenvalue weighted by molar-refractivity contribution is 5.76. The molecule has 1 atom stereocenters. The summed E-state index contributed by atoms with van der Waals surface area (Å²) in [5.41, 5.74) is 2.86. The zero-order valence-corrected chi connectivity index (χ0v) is 16.8. The number of rotatable bonds is 4. The van der Waals surface area contributed by atoms with Gasteiger partial charge in [0.15, 0.2) is 0 Å². The van der Waals surface area contributed by atoms with E-state index in [2.05, 4.69) is 82.8 Å². The monoisotopic (exact) mass is 377 g/mol. The summed E-state index contributed by atoms with van der Waals surface area (Å²) >= 11 is 0. The van der Waals surface area contributed by atoms with Gasteiger partial charge in [-0.2, -0.15) is 0 Å². The molecule has 4 nitrogen and oxygen atoms in total. The van der Waals surface area contributed by atoms with E-state index >= 15 is 0 Å². The van der Waals surface area contributed by atoms with Gasteiger partial charge in [0.25, 0.3) is 0 Å². The average Bonchev–Trinajstić information content (AvgIpc) is 2.92. The number of likely N-dealkylation sites (N-methyl/N-ethyl adjacent to an activating group) is 1. The van der Waals surface area contributed by atoms with Crippen molar-refractivity contribution in [2.75, 3.05) is 39.8 Å². The zero-order valence-electron chi connectivity index (χ0n) is 16.8. The summed E-state index contributed by atoms with van der Waals surface area (Å²) in [6.07, 6.45) is 2.62. The third-order valence-corrected chi connectivity index (χ3v) is 6.65. The van der Waals surface area contributed by atoms with E-state index in [4.69, 9.17) is 0 Å². The van der Waals surface area contributed by atoms with Gasteiger partial charge < -0.3 is 5.32 Å². The Morgan fingerprint density at radius 1 is 0.964 bits per heavy atom. The maximum atomic E-state index is 11.9. The molecular formula is C24H31N3O. The van der Waals surface area contributed by atoms with E-state index in [1.807, 2.05) is 0 Å². The lowest BCUT2D eigenvalue weighted by Crippen LogP contribution is -2.61. The Morgan fingerprint density at radius 3 is 2.25 bits per heavy atom. The number of carbonyl (C=O) groups excluding carboxylic acids is 1. The van der Waals surface area contributed by atoms with Gasteiger partial charge in [-0.3, -0.25) is 14.6 Å². The Bertz CT molecular complexity index is 739. The van der Waals surface area contributed by atoms with Crippen molar-refractivity contribution < 1.29 is 4.79 Å². The van der Waals surface area contributed by atoms with Crippen LogP contribution in [-0.2, 0) is 4.79 Å². The van der Waals surface area contributed by atoms with E-state index in [9.17, 15) is 4.79 Å². The molecular weight excluding hydrogens is 346 g/mol. The fourth-order valence-electron chi connectivity index (χ4n) is 4.87. The smallest absolute Gasteiger partial charge is 0.220 e. The summed E-state index contributed by atoms with van der Waals surface area (Å²) in [6.45, 7) is 4.98. The molecule has 2 aliphatic heterocycles. The molecule has 1 N–H and O–H groups in total. The van der Waals surface area contributed by atoms with Crippen LogP contribution in [0.15, 0.2) is 60.7 Å². The van der Waals surface area contributed by atoms with Gasteiger partial charge in [0.2, 0.25) is 5.91 Å². The number of nitrogens with zero attached hydrogens (tertiary/aromatic N) is 2. The molecule has 2 aromatic rings. The SMILES string of the molecule is CN1CCN(CC(c2ccccc2)c2ccccc2)C[C@@]12CCNC(=O)CC2. The molecule has 0 bridgehead atoms. The summed E-state index contributed by atoms with van der Waals surface area (Å²) in [5, 5.41) is 3.06. The van der Waals surface area contributed by atoms with Crippen LogP contribution in [0.1, 0.15) is 36.3 Å². The van der Waals surface area contributed by atoms with Gasteiger partial charge >= 0.3 is 0 Å². The first-order valence-electron chi connectivity index (χ1n) is 10.5. The Balaban J connectivity index is 1.56. The van der Waals surface area contributed by atoms with Crippen molar-refractivity contribution in [3.8, 4) is 0 Å². The molecule has 2 heterocycles. The second kappa shape index (κ2) is 8.46. The standard InChI is InChI=1S/C24H31N3O/c1-26-16-17-27(19-24(26)13-12-23(28)25-15-14-24)18-22(20-8-4-2-5-9-20)21-10-6-3-7-11-21/h2-11,22H,12-19H2,1H3,(H,25,28)/t24-/m1/s1. The number of benzene rings is 2. The van der Waals surface area contributed by atoms with Gasteiger partial charge in [-0.25, -0.2) is 0 Å². The molecule has 0 aliphatic carbocycles. The lowest BCUT2D eigenvalue weighted by atomic mass is 9.84. The van der Waals surface area contributed by atoms with Gasteiger partial charge in [0.05, 0.1) is 0 Å². The third kappa shape index (κ3) is 4.13. The number of hydrogen-bond donors (Lipinski definition) is 1. The highest BCUT2D eigenvalue weighted by atomic mass is 16.1. The lowest BCUT2D eigenvalue weighted by molar-refractivity contribution is -0.121. The summed E-state index contributed by atoms with van der Waals surface area (Å²) in [5.74, 6) is 0.572. The van der Waals surface area contributed by atoms with Crippen molar-refractivity contribution >= 4 is 5.91 Å². The first-order valence-corrected chi connectivity index (χ1v) is 10.5. The van der Waals surface area contributed by atoms with Crippen molar-refractivity contribution in [3.63, 3.8) is 0 Å². The fraction of sp³-hybridized carbons (Fsp3) is 0.458. The highest BCUT2D eigenvalue weighted by Gasteiger charge is 2.41. The Kier molecular flexibility index (Phi) is 5.79. The highest BCUT2D eigenvalue weighted by Crippen LogP contribution is 2.33. The number of nitrogens with one attached hydrogen (secondary N) is 1. The van der Waals surface area contributed by atoms with E-state index in [0.29, 0.717) is 12.3 Å². The molecule has 0 aromatic heterocycles. The minimum Gasteiger partial charge on any atom is -0.356 e. The molecule has 0 unspecified atom stereocenters. The van der Waals surface area contributed by atoms with Crippen LogP contribution in [0.2, 0.25) is 0 Å². The molecule has 28 heavy (non-hydrogen) atoms. The molecule has 2 saturated heterocycles.